The van der Waals surface area contributed by atoms with Gasteiger partial charge in [-0.15, -0.1) is 0 Å². The van der Waals surface area contributed by atoms with Crippen LogP contribution in [0.4, 0.5) is 39.3 Å². The van der Waals surface area contributed by atoms with E-state index >= 15 is 0 Å². The molecule has 40 heavy (non-hydrogen) atoms. The van der Waals surface area contributed by atoms with E-state index in [1.54, 1.807) is 36.4 Å². The summed E-state index contributed by atoms with van der Waals surface area (Å²) in [5, 5.41) is 21.3. The predicted octanol–water partition coefficient (Wildman–Crippen LogP) is 6.73. The summed E-state index contributed by atoms with van der Waals surface area (Å²) in [4.78, 5) is 23.7. The molecule has 0 saturated heterocycles. The molecule has 200 valence electrons. The molecule has 2 aromatic heterocycles. The van der Waals surface area contributed by atoms with Crippen molar-refractivity contribution in [2.24, 2.45) is 5.10 Å². The van der Waals surface area contributed by atoms with E-state index in [9.17, 15) is 14.5 Å². The first-order valence-electron chi connectivity index (χ1n) is 12.1. The first kappa shape index (κ1) is 26.0. The van der Waals surface area contributed by atoms with E-state index in [2.05, 4.69) is 36.1 Å². The Hall–Kier alpha value is -5.65. The molecule has 0 aliphatic carbocycles. The monoisotopic (exact) mass is 538 g/mol. The highest BCUT2D eigenvalue weighted by atomic mass is 19.1. The standard InChI is InChI=1S/C28H23FN8O3/c1-17-3-8-22(15-18(17)2)32-27-33-26(31-21-9-11-23(12-10-21)37(38)39)34-28(35-27)36-30-16-24-13-14-25(40-24)19-4-6-20(29)7-5-19/h3-16H,1-2H3,(H3,31,32,33,34,35,36)/b30-16+. The molecular weight excluding hydrogens is 515 g/mol. The van der Waals surface area contributed by atoms with Gasteiger partial charge in [0.05, 0.1) is 11.1 Å². The first-order valence-corrected chi connectivity index (χ1v) is 12.1. The third-order valence-electron chi connectivity index (χ3n) is 5.84. The topological polar surface area (TPSA) is 143 Å². The predicted molar refractivity (Wildman–Crippen MR) is 151 cm³/mol. The fourth-order valence-corrected chi connectivity index (χ4v) is 3.63. The highest BCUT2D eigenvalue weighted by Crippen LogP contribution is 2.23. The summed E-state index contributed by atoms with van der Waals surface area (Å²) in [7, 11) is 0. The van der Waals surface area contributed by atoms with Crippen molar-refractivity contribution < 1.29 is 13.7 Å². The molecule has 0 aliphatic heterocycles. The zero-order chi connectivity index (χ0) is 28.1. The normalized spacial score (nSPS) is 11.0. The second-order valence-electron chi connectivity index (χ2n) is 8.74. The maximum Gasteiger partial charge on any atom is 0.269 e. The van der Waals surface area contributed by atoms with Gasteiger partial charge in [0.15, 0.2) is 0 Å². The number of benzene rings is 3. The van der Waals surface area contributed by atoms with Gasteiger partial charge in [0.1, 0.15) is 17.3 Å². The summed E-state index contributed by atoms with van der Waals surface area (Å²) in [6, 6.07) is 21.2. The molecule has 0 spiro atoms. The van der Waals surface area contributed by atoms with E-state index in [1.165, 1.54) is 30.5 Å². The van der Waals surface area contributed by atoms with Gasteiger partial charge in [-0.25, -0.2) is 9.82 Å². The number of hydrazone groups is 1. The molecule has 0 atom stereocenters. The second-order valence-corrected chi connectivity index (χ2v) is 8.74. The molecular formula is C28H23FN8O3. The van der Waals surface area contributed by atoms with Crippen LogP contribution in [0.2, 0.25) is 0 Å². The molecule has 0 bridgehead atoms. The number of aromatic nitrogens is 3. The molecule has 3 aromatic carbocycles. The van der Waals surface area contributed by atoms with Crippen LogP contribution in [-0.2, 0) is 0 Å². The average Bonchev–Trinajstić information content (AvgIpc) is 3.40. The Labute approximate surface area is 228 Å². The third-order valence-corrected chi connectivity index (χ3v) is 5.84. The SMILES string of the molecule is Cc1ccc(Nc2nc(N/N=C/c3ccc(-c4ccc(F)cc4)o3)nc(Nc3ccc([N+](=O)[O-])cc3)n2)cc1C. The summed E-state index contributed by atoms with van der Waals surface area (Å²) in [5.74, 6) is 1.26. The summed E-state index contributed by atoms with van der Waals surface area (Å²) in [5.41, 5.74) is 7.06. The maximum atomic E-state index is 13.2. The van der Waals surface area contributed by atoms with E-state index in [0.717, 1.165) is 22.4 Å². The Kier molecular flexibility index (Phi) is 7.40. The van der Waals surface area contributed by atoms with E-state index in [0.29, 0.717) is 17.2 Å². The molecule has 12 heteroatoms. The Balaban J connectivity index is 1.36. The minimum Gasteiger partial charge on any atom is -0.455 e. The second kappa shape index (κ2) is 11.4. The maximum absolute atomic E-state index is 13.2. The lowest BCUT2D eigenvalue weighted by Gasteiger charge is -2.11. The number of nitrogens with one attached hydrogen (secondary N) is 3. The number of nitrogens with zero attached hydrogens (tertiary/aromatic N) is 5. The van der Waals surface area contributed by atoms with Crippen LogP contribution in [-0.4, -0.2) is 26.1 Å². The van der Waals surface area contributed by atoms with Gasteiger partial charge in [0.25, 0.3) is 5.69 Å². The fraction of sp³-hybridized carbons (Fsp3) is 0.0714. The van der Waals surface area contributed by atoms with E-state index in [1.807, 2.05) is 32.0 Å². The van der Waals surface area contributed by atoms with Gasteiger partial charge in [-0.05, 0) is 85.6 Å². The van der Waals surface area contributed by atoms with Crippen LogP contribution in [0.1, 0.15) is 16.9 Å². The number of hydrogen-bond donors (Lipinski definition) is 3. The number of hydrogen-bond acceptors (Lipinski definition) is 10. The van der Waals surface area contributed by atoms with Crippen LogP contribution >= 0.6 is 0 Å². The van der Waals surface area contributed by atoms with Crippen LogP contribution in [0.5, 0.6) is 0 Å². The van der Waals surface area contributed by atoms with Crippen LogP contribution in [0.15, 0.2) is 88.4 Å². The molecule has 3 N–H and O–H groups in total. The van der Waals surface area contributed by atoms with Crippen molar-refractivity contribution in [1.29, 1.82) is 0 Å². The number of nitro groups is 1. The molecule has 0 fully saturated rings. The smallest absolute Gasteiger partial charge is 0.269 e. The van der Waals surface area contributed by atoms with Gasteiger partial charge in [0, 0.05) is 29.1 Å². The van der Waals surface area contributed by atoms with Crippen molar-refractivity contribution in [2.75, 3.05) is 16.1 Å². The van der Waals surface area contributed by atoms with Crippen LogP contribution in [0, 0.1) is 29.8 Å². The van der Waals surface area contributed by atoms with Crippen molar-refractivity contribution in [2.45, 2.75) is 13.8 Å². The van der Waals surface area contributed by atoms with Gasteiger partial charge in [-0.3, -0.25) is 10.1 Å². The first-order chi connectivity index (χ1) is 19.3. The Morgan fingerprint density at radius 1 is 0.825 bits per heavy atom. The van der Waals surface area contributed by atoms with Crippen LogP contribution in [0.3, 0.4) is 0 Å². The number of nitro benzene ring substituents is 1. The molecule has 11 nitrogen and oxygen atoms in total. The lowest BCUT2D eigenvalue weighted by atomic mass is 10.1. The molecule has 0 amide bonds. The number of furan rings is 1. The highest BCUT2D eigenvalue weighted by molar-refractivity contribution is 5.78. The molecule has 5 rings (SSSR count). The minimum atomic E-state index is -0.472. The van der Waals surface area contributed by atoms with E-state index in [4.69, 9.17) is 4.42 Å². The summed E-state index contributed by atoms with van der Waals surface area (Å²) in [6.07, 6.45) is 1.46. The molecule has 5 aromatic rings. The number of aryl methyl sites for hydroxylation is 2. The largest absolute Gasteiger partial charge is 0.455 e. The van der Waals surface area contributed by atoms with Crippen molar-refractivity contribution in [3.05, 3.63) is 112 Å². The lowest BCUT2D eigenvalue weighted by Crippen LogP contribution is -2.07. The fourth-order valence-electron chi connectivity index (χ4n) is 3.63. The molecule has 0 aliphatic rings. The zero-order valence-corrected chi connectivity index (χ0v) is 21.4. The zero-order valence-electron chi connectivity index (χ0n) is 21.4. The third kappa shape index (κ3) is 6.42. The van der Waals surface area contributed by atoms with E-state index < -0.39 is 4.92 Å². The van der Waals surface area contributed by atoms with Crippen LogP contribution < -0.4 is 16.1 Å². The molecule has 0 saturated carbocycles. The van der Waals surface area contributed by atoms with Gasteiger partial charge in [0.2, 0.25) is 17.8 Å². The van der Waals surface area contributed by atoms with Gasteiger partial charge < -0.3 is 15.1 Å². The quantitative estimate of drug-likeness (QED) is 0.106. The van der Waals surface area contributed by atoms with Crippen molar-refractivity contribution >= 4 is 41.1 Å². The Morgan fingerprint density at radius 3 is 2.15 bits per heavy atom. The summed E-state index contributed by atoms with van der Waals surface area (Å²) in [6.45, 7) is 4.03. The average molecular weight is 539 g/mol. The Bertz CT molecular complexity index is 1690. The van der Waals surface area contributed by atoms with Gasteiger partial charge in [-0.1, -0.05) is 6.07 Å². The number of halogens is 1. The Morgan fingerprint density at radius 2 is 1.48 bits per heavy atom. The number of non-ortho nitro benzene ring substituents is 1. The van der Waals surface area contributed by atoms with Crippen molar-refractivity contribution in [3.8, 4) is 11.3 Å². The number of rotatable bonds is 9. The lowest BCUT2D eigenvalue weighted by molar-refractivity contribution is -0.384. The van der Waals surface area contributed by atoms with Gasteiger partial charge >= 0.3 is 0 Å². The minimum absolute atomic E-state index is 0.0319. The van der Waals surface area contributed by atoms with Gasteiger partial charge in [-0.2, -0.15) is 20.1 Å². The highest BCUT2D eigenvalue weighted by Gasteiger charge is 2.10. The van der Waals surface area contributed by atoms with E-state index in [-0.39, 0.29) is 29.3 Å². The molecule has 0 radical (unpaired) electrons. The van der Waals surface area contributed by atoms with Crippen molar-refractivity contribution in [1.82, 2.24) is 15.0 Å². The summed E-state index contributed by atoms with van der Waals surface area (Å²) >= 11 is 0. The molecule has 2 heterocycles. The molecule has 0 unspecified atom stereocenters. The number of anilines is 5. The van der Waals surface area contributed by atoms with Crippen LogP contribution in [0.25, 0.3) is 11.3 Å². The summed E-state index contributed by atoms with van der Waals surface area (Å²) < 4.78 is 19.0. The van der Waals surface area contributed by atoms with Crippen molar-refractivity contribution in [3.63, 3.8) is 0 Å².